The molecule has 0 aliphatic rings. The van der Waals surface area contributed by atoms with E-state index in [1.54, 1.807) is 24.4 Å². The van der Waals surface area contributed by atoms with E-state index in [-0.39, 0.29) is 5.75 Å². The first kappa shape index (κ1) is 10.3. The molecule has 15 heavy (non-hydrogen) atoms. The van der Waals surface area contributed by atoms with Gasteiger partial charge in [-0.2, -0.15) is 0 Å². The predicted octanol–water partition coefficient (Wildman–Crippen LogP) is 4.03. The lowest BCUT2D eigenvalue weighted by Gasteiger charge is -1.96. The van der Waals surface area contributed by atoms with Crippen LogP contribution in [0.4, 0.5) is 10.8 Å². The quantitative estimate of drug-likeness (QED) is 0.846. The molecule has 0 unspecified atom stereocenters. The van der Waals surface area contributed by atoms with Crippen molar-refractivity contribution < 1.29 is 5.11 Å². The highest BCUT2D eigenvalue weighted by Gasteiger charge is 2.00. The summed E-state index contributed by atoms with van der Waals surface area (Å²) in [7, 11) is 0. The second kappa shape index (κ2) is 4.50. The highest BCUT2D eigenvalue weighted by atomic mass is 79.9. The summed E-state index contributed by atoms with van der Waals surface area (Å²) in [4.78, 5) is 3.95. The van der Waals surface area contributed by atoms with Gasteiger partial charge in [-0.15, -0.1) is 21.6 Å². The first-order valence-corrected chi connectivity index (χ1v) is 5.73. The number of hydrogen-bond donors (Lipinski definition) is 1. The Morgan fingerprint density at radius 3 is 2.93 bits per heavy atom. The van der Waals surface area contributed by atoms with Crippen molar-refractivity contribution in [2.24, 2.45) is 10.2 Å². The maximum atomic E-state index is 9.47. The molecule has 1 heterocycles. The summed E-state index contributed by atoms with van der Waals surface area (Å²) in [6, 6.07) is 4.98. The maximum Gasteiger partial charge on any atom is 0.229 e. The van der Waals surface area contributed by atoms with Crippen molar-refractivity contribution in [3.8, 4) is 5.75 Å². The lowest BCUT2D eigenvalue weighted by molar-refractivity contribution is 0.476. The van der Waals surface area contributed by atoms with Crippen LogP contribution in [0.3, 0.4) is 0 Å². The number of hydrogen-bond acceptors (Lipinski definition) is 5. The van der Waals surface area contributed by atoms with Gasteiger partial charge in [0.1, 0.15) is 11.4 Å². The molecule has 76 valence electrons. The smallest absolute Gasteiger partial charge is 0.229 e. The van der Waals surface area contributed by atoms with Crippen LogP contribution < -0.4 is 0 Å². The largest absolute Gasteiger partial charge is 0.506 e. The number of phenolic OH excluding ortho intramolecular Hbond substituents is 1. The third-order valence-corrected chi connectivity index (χ3v) is 2.75. The van der Waals surface area contributed by atoms with Crippen LogP contribution in [0.2, 0.25) is 0 Å². The number of halogens is 1. The van der Waals surface area contributed by atoms with Gasteiger partial charge in [0.25, 0.3) is 0 Å². The van der Waals surface area contributed by atoms with E-state index < -0.39 is 0 Å². The number of aromatic nitrogens is 1. The second-order valence-electron chi connectivity index (χ2n) is 2.65. The average Bonchev–Trinajstić information content (AvgIpc) is 2.72. The molecule has 4 nitrogen and oxygen atoms in total. The first-order valence-electron chi connectivity index (χ1n) is 4.05. The maximum absolute atomic E-state index is 9.47. The van der Waals surface area contributed by atoms with Crippen LogP contribution in [0.25, 0.3) is 0 Å². The molecule has 0 fully saturated rings. The molecule has 1 N–H and O–H groups in total. The van der Waals surface area contributed by atoms with Crippen LogP contribution in [0.1, 0.15) is 0 Å². The Morgan fingerprint density at radius 1 is 1.33 bits per heavy atom. The van der Waals surface area contributed by atoms with E-state index >= 15 is 0 Å². The number of azo groups is 1. The molecule has 0 saturated heterocycles. The van der Waals surface area contributed by atoms with E-state index in [2.05, 4.69) is 31.1 Å². The number of thiazole rings is 1. The van der Waals surface area contributed by atoms with Gasteiger partial charge in [0, 0.05) is 16.0 Å². The van der Waals surface area contributed by atoms with Crippen LogP contribution in [0.5, 0.6) is 5.75 Å². The van der Waals surface area contributed by atoms with Gasteiger partial charge in [-0.1, -0.05) is 15.9 Å². The summed E-state index contributed by atoms with van der Waals surface area (Å²) in [5.41, 5.74) is 0.416. The molecule has 2 aromatic rings. The summed E-state index contributed by atoms with van der Waals surface area (Å²) in [6.45, 7) is 0. The number of phenols is 1. The van der Waals surface area contributed by atoms with Crippen molar-refractivity contribution in [3.05, 3.63) is 34.2 Å². The van der Waals surface area contributed by atoms with Gasteiger partial charge in [-0.3, -0.25) is 0 Å². The summed E-state index contributed by atoms with van der Waals surface area (Å²) < 4.78 is 0.841. The van der Waals surface area contributed by atoms with Crippen LogP contribution in [0.15, 0.2) is 44.5 Å². The lowest BCUT2D eigenvalue weighted by Crippen LogP contribution is -1.68. The monoisotopic (exact) mass is 283 g/mol. The number of benzene rings is 1. The second-order valence-corrected chi connectivity index (χ2v) is 4.44. The normalized spacial score (nSPS) is 11.0. The van der Waals surface area contributed by atoms with Crippen LogP contribution in [-0.4, -0.2) is 10.1 Å². The van der Waals surface area contributed by atoms with Gasteiger partial charge in [0.05, 0.1) is 0 Å². The van der Waals surface area contributed by atoms with Gasteiger partial charge in [-0.05, 0) is 18.2 Å². The summed E-state index contributed by atoms with van der Waals surface area (Å²) >= 11 is 4.68. The van der Waals surface area contributed by atoms with Gasteiger partial charge >= 0.3 is 0 Å². The van der Waals surface area contributed by atoms with Gasteiger partial charge in [0.15, 0.2) is 0 Å². The number of aromatic hydroxyl groups is 1. The molecule has 0 radical (unpaired) electrons. The molecule has 0 atom stereocenters. The van der Waals surface area contributed by atoms with E-state index in [0.29, 0.717) is 10.8 Å². The molecular weight excluding hydrogens is 278 g/mol. The van der Waals surface area contributed by atoms with Crippen LogP contribution >= 0.6 is 27.3 Å². The van der Waals surface area contributed by atoms with Crippen molar-refractivity contribution in [2.75, 3.05) is 0 Å². The van der Waals surface area contributed by atoms with Crippen molar-refractivity contribution >= 4 is 38.1 Å². The molecule has 6 heteroatoms. The predicted molar refractivity (Wildman–Crippen MR) is 62.1 cm³/mol. The third kappa shape index (κ3) is 2.60. The highest BCUT2D eigenvalue weighted by molar-refractivity contribution is 9.10. The third-order valence-electron chi connectivity index (χ3n) is 1.60. The van der Waals surface area contributed by atoms with Crippen LogP contribution in [-0.2, 0) is 0 Å². The molecule has 1 aromatic heterocycles. The molecule has 0 bridgehead atoms. The Balaban J connectivity index is 2.27. The van der Waals surface area contributed by atoms with Crippen LogP contribution in [0, 0.1) is 0 Å². The van der Waals surface area contributed by atoms with E-state index in [0.717, 1.165) is 4.47 Å². The average molecular weight is 284 g/mol. The Morgan fingerprint density at radius 2 is 2.20 bits per heavy atom. The van der Waals surface area contributed by atoms with Crippen molar-refractivity contribution in [3.63, 3.8) is 0 Å². The first-order chi connectivity index (χ1) is 7.25. The summed E-state index contributed by atoms with van der Waals surface area (Å²) in [5, 5.41) is 19.6. The van der Waals surface area contributed by atoms with Crippen molar-refractivity contribution in [2.45, 2.75) is 0 Å². The minimum absolute atomic E-state index is 0.0958. The zero-order valence-electron chi connectivity index (χ0n) is 7.46. The van der Waals surface area contributed by atoms with Gasteiger partial charge in [-0.25, -0.2) is 4.98 Å². The Hall–Kier alpha value is -1.27. The summed E-state index contributed by atoms with van der Waals surface area (Å²) in [5.74, 6) is 0.0958. The fourth-order valence-electron chi connectivity index (χ4n) is 0.939. The fraction of sp³-hybridized carbons (Fsp3) is 0. The Bertz CT molecular complexity index is 484. The SMILES string of the molecule is Oc1ccc(Br)cc1/N=N/c1nccs1. The standard InChI is InChI=1S/C9H6BrN3OS/c10-6-1-2-8(14)7(5-6)12-13-9-11-3-4-15-9/h1-5,14H/b13-12+. The van der Waals surface area contributed by atoms with Crippen molar-refractivity contribution in [1.82, 2.24) is 4.98 Å². The van der Waals surface area contributed by atoms with Crippen molar-refractivity contribution in [1.29, 1.82) is 0 Å². The number of nitrogens with zero attached hydrogens (tertiary/aromatic N) is 3. The molecule has 0 spiro atoms. The highest BCUT2D eigenvalue weighted by Crippen LogP contribution is 2.31. The molecule has 0 amide bonds. The molecule has 0 aliphatic heterocycles. The van der Waals surface area contributed by atoms with E-state index in [9.17, 15) is 5.11 Å². The van der Waals surface area contributed by atoms with E-state index in [1.807, 2.05) is 5.38 Å². The molecule has 0 saturated carbocycles. The Kier molecular flexibility index (Phi) is 3.08. The summed E-state index contributed by atoms with van der Waals surface area (Å²) in [6.07, 6.45) is 1.65. The molecule has 0 aliphatic carbocycles. The van der Waals surface area contributed by atoms with Gasteiger partial charge in [0.2, 0.25) is 5.13 Å². The van der Waals surface area contributed by atoms with E-state index in [4.69, 9.17) is 0 Å². The topological polar surface area (TPSA) is 57.8 Å². The minimum Gasteiger partial charge on any atom is -0.506 e. The number of rotatable bonds is 2. The minimum atomic E-state index is 0.0958. The Labute approximate surface area is 98.5 Å². The van der Waals surface area contributed by atoms with Gasteiger partial charge < -0.3 is 5.11 Å². The fourth-order valence-corrected chi connectivity index (χ4v) is 1.74. The lowest BCUT2D eigenvalue weighted by atomic mass is 10.3. The molecule has 2 rings (SSSR count). The zero-order chi connectivity index (χ0) is 10.7. The van der Waals surface area contributed by atoms with E-state index in [1.165, 1.54) is 11.3 Å². The zero-order valence-corrected chi connectivity index (χ0v) is 9.86. The molecular formula is C9H6BrN3OS. The molecule has 1 aromatic carbocycles.